The number of hydrogen-bond donors (Lipinski definition) is 1. The summed E-state index contributed by atoms with van der Waals surface area (Å²) in [6, 6.07) is 12.4. The fraction of sp³-hybridized carbons (Fsp3) is 0.348. The third kappa shape index (κ3) is 5.40. The van der Waals surface area contributed by atoms with Crippen LogP contribution in [0.3, 0.4) is 0 Å². The van der Waals surface area contributed by atoms with Crippen molar-refractivity contribution in [2.24, 2.45) is 10.1 Å². The normalized spacial score (nSPS) is 19.4. The van der Waals surface area contributed by atoms with Crippen LogP contribution in [0.2, 0.25) is 0 Å². The number of ether oxygens (including phenoxy) is 1. The molecule has 1 heterocycles. The van der Waals surface area contributed by atoms with E-state index in [1.165, 1.54) is 23.9 Å². The third-order valence-corrected chi connectivity index (χ3v) is 6.64. The van der Waals surface area contributed by atoms with Crippen LogP contribution in [0.15, 0.2) is 58.6 Å². The smallest absolute Gasteiger partial charge is 0.273 e. The van der Waals surface area contributed by atoms with Crippen molar-refractivity contribution >= 4 is 28.5 Å². The molecule has 176 valence electrons. The summed E-state index contributed by atoms with van der Waals surface area (Å²) in [7, 11) is 3.05. The Morgan fingerprint density at radius 3 is 2.67 bits per heavy atom. The standard InChI is InChI=1S/C23H26F2N4O3S/c1-15(31-4)22(30)29-23(17-8-6-5-7-9-17,12-13-32-28-16(2)26-3)33-21(27-29)19-14-18(24)10-11-20(19)25/h5-11,14-15H,12-13H2,1-4H3,(H,26,28). The molecular formula is C23H26F2N4O3S. The van der Waals surface area contributed by atoms with Crippen LogP contribution in [0.4, 0.5) is 8.78 Å². The first kappa shape index (κ1) is 24.8. The topological polar surface area (TPSA) is 75.5 Å². The Balaban J connectivity index is 2.06. The molecule has 1 aliphatic rings. The van der Waals surface area contributed by atoms with Gasteiger partial charge in [-0.15, -0.1) is 0 Å². The fourth-order valence-electron chi connectivity index (χ4n) is 3.24. The van der Waals surface area contributed by atoms with Crippen LogP contribution in [0.1, 0.15) is 31.4 Å². The second-order valence-electron chi connectivity index (χ2n) is 7.32. The zero-order valence-corrected chi connectivity index (χ0v) is 19.7. The highest BCUT2D eigenvalue weighted by Gasteiger charge is 2.49. The lowest BCUT2D eigenvalue weighted by Crippen LogP contribution is -2.46. The highest BCUT2D eigenvalue weighted by atomic mass is 32.2. The van der Waals surface area contributed by atoms with Crippen LogP contribution in [0, 0.1) is 11.6 Å². The number of aliphatic imine (C=N–C) groups is 1. The van der Waals surface area contributed by atoms with Crippen molar-refractivity contribution in [2.45, 2.75) is 31.2 Å². The SMILES string of the molecule is CN=C(C)NOCCC1(c2ccccc2)SC(c2cc(F)ccc2F)=NN1C(=O)C(C)OC. The molecule has 2 unspecified atom stereocenters. The highest BCUT2D eigenvalue weighted by Crippen LogP contribution is 2.50. The van der Waals surface area contributed by atoms with E-state index in [9.17, 15) is 13.6 Å². The van der Waals surface area contributed by atoms with Crippen LogP contribution in [0.25, 0.3) is 0 Å². The molecule has 1 N–H and O–H groups in total. The van der Waals surface area contributed by atoms with Gasteiger partial charge in [0.2, 0.25) is 0 Å². The molecule has 1 aliphatic heterocycles. The van der Waals surface area contributed by atoms with E-state index in [1.54, 1.807) is 20.9 Å². The Bertz CT molecular complexity index is 1050. The van der Waals surface area contributed by atoms with Crippen LogP contribution >= 0.6 is 11.8 Å². The first-order chi connectivity index (χ1) is 15.8. The van der Waals surface area contributed by atoms with Crippen molar-refractivity contribution in [2.75, 3.05) is 20.8 Å². The minimum absolute atomic E-state index is 0.0197. The number of nitrogens with zero attached hydrogens (tertiary/aromatic N) is 3. The van der Waals surface area contributed by atoms with Gasteiger partial charge < -0.3 is 4.74 Å². The first-order valence-corrected chi connectivity index (χ1v) is 11.1. The zero-order chi connectivity index (χ0) is 24.0. The molecule has 7 nitrogen and oxygen atoms in total. The molecule has 0 saturated heterocycles. The molecule has 0 fully saturated rings. The predicted octanol–water partition coefficient (Wildman–Crippen LogP) is 4.05. The lowest BCUT2D eigenvalue weighted by molar-refractivity contribution is -0.145. The molecule has 0 aliphatic carbocycles. The van der Waals surface area contributed by atoms with Crippen molar-refractivity contribution in [1.29, 1.82) is 0 Å². The summed E-state index contributed by atoms with van der Waals surface area (Å²) < 4.78 is 33.8. The van der Waals surface area contributed by atoms with Gasteiger partial charge in [0.05, 0.1) is 6.61 Å². The Morgan fingerprint density at radius 1 is 1.27 bits per heavy atom. The summed E-state index contributed by atoms with van der Waals surface area (Å²) in [5, 5.41) is 5.95. The number of hydrazone groups is 1. The average Bonchev–Trinajstić information content (AvgIpc) is 3.23. The van der Waals surface area contributed by atoms with Gasteiger partial charge in [0.1, 0.15) is 33.5 Å². The maximum atomic E-state index is 14.6. The minimum Gasteiger partial charge on any atom is -0.372 e. The molecule has 2 aromatic carbocycles. The quantitative estimate of drug-likeness (QED) is 0.269. The lowest BCUT2D eigenvalue weighted by atomic mass is 10.0. The van der Waals surface area contributed by atoms with Crippen LogP contribution in [-0.2, 0) is 19.2 Å². The maximum absolute atomic E-state index is 14.6. The summed E-state index contributed by atoms with van der Waals surface area (Å²) in [5.74, 6) is -1.06. The number of rotatable bonds is 8. The Kier molecular flexibility index (Phi) is 8.17. The number of nitrogens with one attached hydrogen (secondary N) is 1. The van der Waals surface area contributed by atoms with E-state index in [2.05, 4.69) is 15.6 Å². The summed E-state index contributed by atoms with van der Waals surface area (Å²) in [6.07, 6.45) is -0.514. The van der Waals surface area contributed by atoms with E-state index >= 15 is 0 Å². The number of amidine groups is 1. The van der Waals surface area contributed by atoms with Gasteiger partial charge in [0.25, 0.3) is 5.91 Å². The molecule has 0 radical (unpaired) electrons. The molecule has 0 saturated carbocycles. The van der Waals surface area contributed by atoms with Crippen molar-refractivity contribution in [3.63, 3.8) is 0 Å². The van der Waals surface area contributed by atoms with E-state index in [0.29, 0.717) is 5.84 Å². The zero-order valence-electron chi connectivity index (χ0n) is 18.8. The van der Waals surface area contributed by atoms with Crippen molar-refractivity contribution in [1.82, 2.24) is 10.5 Å². The van der Waals surface area contributed by atoms with Gasteiger partial charge in [-0.25, -0.2) is 13.8 Å². The Labute approximate surface area is 195 Å². The highest BCUT2D eigenvalue weighted by molar-refractivity contribution is 8.15. The number of hydroxylamine groups is 1. The number of hydrogen-bond acceptors (Lipinski definition) is 6. The van der Waals surface area contributed by atoms with Gasteiger partial charge in [0.15, 0.2) is 0 Å². The van der Waals surface area contributed by atoms with E-state index < -0.39 is 28.5 Å². The number of methoxy groups -OCH3 is 1. The van der Waals surface area contributed by atoms with Crippen LogP contribution < -0.4 is 5.48 Å². The number of halogens is 2. The molecule has 3 rings (SSSR count). The van der Waals surface area contributed by atoms with Gasteiger partial charge >= 0.3 is 0 Å². The first-order valence-electron chi connectivity index (χ1n) is 10.3. The molecular weight excluding hydrogens is 450 g/mol. The van der Waals surface area contributed by atoms with Crippen LogP contribution in [0.5, 0.6) is 0 Å². The summed E-state index contributed by atoms with van der Waals surface area (Å²) >= 11 is 1.17. The fourth-order valence-corrected chi connectivity index (χ4v) is 4.60. The summed E-state index contributed by atoms with van der Waals surface area (Å²) in [4.78, 5) is 21.8. The molecule has 33 heavy (non-hydrogen) atoms. The molecule has 2 atom stereocenters. The second kappa shape index (κ2) is 10.9. The van der Waals surface area contributed by atoms with Crippen molar-refractivity contribution in [3.8, 4) is 0 Å². The maximum Gasteiger partial charge on any atom is 0.273 e. The molecule has 0 spiro atoms. The van der Waals surface area contributed by atoms with Crippen LogP contribution in [-0.4, -0.2) is 48.7 Å². The number of benzene rings is 2. The Morgan fingerprint density at radius 2 is 2.00 bits per heavy atom. The van der Waals surface area contributed by atoms with Gasteiger partial charge in [-0.3, -0.25) is 20.1 Å². The molecule has 0 aromatic heterocycles. The van der Waals surface area contributed by atoms with Gasteiger partial charge in [-0.05, 0) is 37.6 Å². The largest absolute Gasteiger partial charge is 0.372 e. The summed E-state index contributed by atoms with van der Waals surface area (Å²) in [5.41, 5.74) is 3.46. The Hall–Kier alpha value is -2.82. The van der Waals surface area contributed by atoms with E-state index in [4.69, 9.17) is 9.57 Å². The van der Waals surface area contributed by atoms with E-state index in [0.717, 1.165) is 23.8 Å². The molecule has 10 heteroatoms. The lowest BCUT2D eigenvalue weighted by Gasteiger charge is -2.36. The van der Waals surface area contributed by atoms with E-state index in [-0.39, 0.29) is 23.6 Å². The van der Waals surface area contributed by atoms with Gasteiger partial charge in [0, 0.05) is 26.1 Å². The van der Waals surface area contributed by atoms with Gasteiger partial charge in [-0.1, -0.05) is 42.1 Å². The average molecular weight is 477 g/mol. The van der Waals surface area contributed by atoms with E-state index in [1.807, 2.05) is 30.3 Å². The molecule has 2 aromatic rings. The number of thioether (sulfide) groups is 1. The monoisotopic (exact) mass is 476 g/mol. The second-order valence-corrected chi connectivity index (χ2v) is 8.59. The number of carbonyl (C=O) groups excluding carboxylic acids is 1. The van der Waals surface area contributed by atoms with Crippen molar-refractivity contribution in [3.05, 3.63) is 71.3 Å². The third-order valence-electron chi connectivity index (χ3n) is 5.19. The summed E-state index contributed by atoms with van der Waals surface area (Å²) in [6.45, 7) is 3.54. The number of carbonyl (C=O) groups is 1. The minimum atomic E-state index is -1.07. The van der Waals surface area contributed by atoms with Crippen molar-refractivity contribution < 1.29 is 23.1 Å². The number of amides is 1. The predicted molar refractivity (Wildman–Crippen MR) is 125 cm³/mol. The van der Waals surface area contributed by atoms with Gasteiger partial charge in [-0.2, -0.15) is 5.10 Å². The molecule has 0 bridgehead atoms. The molecule has 1 amide bonds.